The summed E-state index contributed by atoms with van der Waals surface area (Å²) in [5.41, 5.74) is -0.0834. The lowest BCUT2D eigenvalue weighted by atomic mass is 9.82. The van der Waals surface area contributed by atoms with Gasteiger partial charge in [-0.25, -0.2) is 0 Å². The Labute approximate surface area is 100 Å². The largest absolute Gasteiger partial charge is 0.416 e. The zero-order valence-corrected chi connectivity index (χ0v) is 10.4. The van der Waals surface area contributed by atoms with Gasteiger partial charge in [0.2, 0.25) is 0 Å². The molecule has 0 N–H and O–H groups in total. The van der Waals surface area contributed by atoms with E-state index in [0.717, 1.165) is 0 Å². The molecular formula is C14H17F3. The van der Waals surface area contributed by atoms with Crippen LogP contribution in [0.3, 0.4) is 0 Å². The third-order valence-corrected chi connectivity index (χ3v) is 2.58. The summed E-state index contributed by atoms with van der Waals surface area (Å²) in [7, 11) is 0. The van der Waals surface area contributed by atoms with Crippen LogP contribution in [0.1, 0.15) is 37.5 Å². The number of hydrogen-bond donors (Lipinski definition) is 0. The van der Waals surface area contributed by atoms with Crippen LogP contribution in [0.25, 0.3) is 0 Å². The Kier molecular flexibility index (Phi) is 3.70. The highest BCUT2D eigenvalue weighted by Crippen LogP contribution is 2.38. The summed E-state index contributed by atoms with van der Waals surface area (Å²) in [6.45, 7) is 8.89. The predicted molar refractivity (Wildman–Crippen MR) is 64.0 cm³/mol. The summed E-state index contributed by atoms with van der Waals surface area (Å²) in [4.78, 5) is 0. The molecule has 1 aromatic carbocycles. The molecule has 0 atom stereocenters. The van der Waals surface area contributed by atoms with Gasteiger partial charge in [-0.05, 0) is 29.0 Å². The van der Waals surface area contributed by atoms with Crippen molar-refractivity contribution in [1.29, 1.82) is 0 Å². The van der Waals surface area contributed by atoms with Gasteiger partial charge in [-0.15, -0.1) is 6.58 Å². The highest BCUT2D eigenvalue weighted by molar-refractivity contribution is 5.39. The van der Waals surface area contributed by atoms with Crippen molar-refractivity contribution >= 4 is 0 Å². The Hall–Kier alpha value is -1.25. The third kappa shape index (κ3) is 3.35. The molecule has 0 aromatic heterocycles. The van der Waals surface area contributed by atoms with Crippen molar-refractivity contribution in [2.75, 3.05) is 0 Å². The highest BCUT2D eigenvalue weighted by atomic mass is 19.4. The second kappa shape index (κ2) is 4.55. The Morgan fingerprint density at radius 2 is 1.71 bits per heavy atom. The number of benzene rings is 1. The molecule has 0 saturated carbocycles. The van der Waals surface area contributed by atoms with Gasteiger partial charge < -0.3 is 0 Å². The average molecular weight is 242 g/mol. The number of halogens is 3. The van der Waals surface area contributed by atoms with Crippen molar-refractivity contribution in [3.63, 3.8) is 0 Å². The second-order valence-electron chi connectivity index (χ2n) is 5.12. The first-order chi connectivity index (χ1) is 7.66. The predicted octanol–water partition coefficient (Wildman–Crippen LogP) is 4.73. The molecule has 0 unspecified atom stereocenters. The van der Waals surface area contributed by atoms with Crippen LogP contribution in [0.4, 0.5) is 13.2 Å². The molecule has 1 rings (SSSR count). The van der Waals surface area contributed by atoms with Gasteiger partial charge in [0.15, 0.2) is 0 Å². The van der Waals surface area contributed by atoms with Crippen LogP contribution in [0.15, 0.2) is 30.9 Å². The van der Waals surface area contributed by atoms with E-state index in [1.807, 2.05) is 0 Å². The molecule has 3 heteroatoms. The summed E-state index contributed by atoms with van der Waals surface area (Å²) in [6, 6.07) is 4.53. The Morgan fingerprint density at radius 1 is 1.12 bits per heavy atom. The van der Waals surface area contributed by atoms with Crippen LogP contribution in [0, 0.1) is 0 Å². The zero-order chi connectivity index (χ0) is 13.3. The first-order valence-electron chi connectivity index (χ1n) is 5.48. The van der Waals surface area contributed by atoms with Crippen LogP contribution in [-0.4, -0.2) is 0 Å². The smallest absolute Gasteiger partial charge is 0.166 e. The molecule has 0 nitrogen and oxygen atoms in total. The van der Waals surface area contributed by atoms with Gasteiger partial charge in [-0.3, -0.25) is 0 Å². The average Bonchev–Trinajstić information content (AvgIpc) is 2.15. The van der Waals surface area contributed by atoms with Crippen molar-refractivity contribution in [2.45, 2.75) is 38.8 Å². The van der Waals surface area contributed by atoms with Gasteiger partial charge in [0, 0.05) is 0 Å². The van der Waals surface area contributed by atoms with Crippen molar-refractivity contribution < 1.29 is 13.2 Å². The molecule has 0 heterocycles. The Morgan fingerprint density at radius 3 is 2.12 bits per heavy atom. The fourth-order valence-electron chi connectivity index (χ4n) is 1.77. The van der Waals surface area contributed by atoms with Crippen LogP contribution >= 0.6 is 0 Å². The molecule has 0 amide bonds. The van der Waals surface area contributed by atoms with E-state index in [4.69, 9.17) is 0 Å². The van der Waals surface area contributed by atoms with Crippen molar-refractivity contribution in [1.82, 2.24) is 0 Å². The monoisotopic (exact) mass is 242 g/mol. The lowest BCUT2D eigenvalue weighted by Gasteiger charge is -2.24. The molecule has 0 saturated heterocycles. The van der Waals surface area contributed by atoms with Gasteiger partial charge in [-0.2, -0.15) is 13.2 Å². The second-order valence-corrected chi connectivity index (χ2v) is 5.12. The molecule has 94 valence electrons. The Balaban J connectivity index is 3.37. The summed E-state index contributed by atoms with van der Waals surface area (Å²) < 4.78 is 38.9. The standard InChI is InChI=1S/C14H17F3/c1-5-6-10-7-8-11(13(2,3)4)12(9-10)14(15,16)17/h5,7-9H,1,6H2,2-4H3. The lowest BCUT2D eigenvalue weighted by molar-refractivity contribution is -0.138. The number of rotatable bonds is 2. The third-order valence-electron chi connectivity index (χ3n) is 2.58. The molecule has 17 heavy (non-hydrogen) atoms. The van der Waals surface area contributed by atoms with Gasteiger partial charge in [0.1, 0.15) is 0 Å². The number of hydrogen-bond acceptors (Lipinski definition) is 0. The summed E-state index contributed by atoms with van der Waals surface area (Å²) in [5.74, 6) is 0. The SMILES string of the molecule is C=CCc1ccc(C(C)(C)C)c(C(F)(F)F)c1. The minimum atomic E-state index is -4.31. The van der Waals surface area contributed by atoms with E-state index in [0.29, 0.717) is 17.5 Å². The molecule has 0 aliphatic carbocycles. The molecule has 0 aliphatic rings. The molecule has 0 bridgehead atoms. The van der Waals surface area contributed by atoms with Gasteiger partial charge in [0.25, 0.3) is 0 Å². The van der Waals surface area contributed by atoms with E-state index in [9.17, 15) is 13.2 Å². The molecule has 0 aliphatic heterocycles. The molecular weight excluding hydrogens is 225 g/mol. The normalized spacial score (nSPS) is 12.6. The van der Waals surface area contributed by atoms with Crippen LogP contribution in [-0.2, 0) is 18.0 Å². The molecule has 0 fully saturated rings. The van der Waals surface area contributed by atoms with Gasteiger partial charge in [0.05, 0.1) is 5.56 Å². The minimum absolute atomic E-state index is 0.331. The maximum Gasteiger partial charge on any atom is 0.416 e. The van der Waals surface area contributed by atoms with Gasteiger partial charge >= 0.3 is 6.18 Å². The fourth-order valence-corrected chi connectivity index (χ4v) is 1.77. The Bertz CT molecular complexity index is 408. The lowest BCUT2D eigenvalue weighted by Crippen LogP contribution is -2.19. The number of allylic oxidation sites excluding steroid dienone is 1. The van der Waals surface area contributed by atoms with Crippen LogP contribution < -0.4 is 0 Å². The van der Waals surface area contributed by atoms with Crippen molar-refractivity contribution in [3.8, 4) is 0 Å². The zero-order valence-electron chi connectivity index (χ0n) is 10.4. The van der Waals surface area contributed by atoms with E-state index >= 15 is 0 Å². The molecule has 1 aromatic rings. The summed E-state index contributed by atoms with van der Waals surface area (Å²) in [6.07, 6.45) is -2.25. The van der Waals surface area contributed by atoms with E-state index in [-0.39, 0.29) is 0 Å². The molecule has 0 spiro atoms. The van der Waals surface area contributed by atoms with Crippen molar-refractivity contribution in [3.05, 3.63) is 47.5 Å². The first kappa shape index (κ1) is 13.8. The van der Waals surface area contributed by atoms with E-state index in [1.165, 1.54) is 6.07 Å². The quantitative estimate of drug-likeness (QED) is 0.657. The molecule has 0 radical (unpaired) electrons. The van der Waals surface area contributed by atoms with Crippen LogP contribution in [0.2, 0.25) is 0 Å². The van der Waals surface area contributed by atoms with Crippen LogP contribution in [0.5, 0.6) is 0 Å². The number of alkyl halides is 3. The summed E-state index contributed by atoms with van der Waals surface area (Å²) >= 11 is 0. The van der Waals surface area contributed by atoms with Gasteiger partial charge in [-0.1, -0.05) is 39.0 Å². The van der Waals surface area contributed by atoms with E-state index in [2.05, 4.69) is 6.58 Å². The van der Waals surface area contributed by atoms with E-state index in [1.54, 1.807) is 39.0 Å². The van der Waals surface area contributed by atoms with E-state index < -0.39 is 17.2 Å². The summed E-state index contributed by atoms with van der Waals surface area (Å²) in [5, 5.41) is 0. The minimum Gasteiger partial charge on any atom is -0.166 e. The topological polar surface area (TPSA) is 0 Å². The maximum absolute atomic E-state index is 13.0. The first-order valence-corrected chi connectivity index (χ1v) is 5.48. The van der Waals surface area contributed by atoms with Crippen molar-refractivity contribution in [2.24, 2.45) is 0 Å². The fraction of sp³-hybridized carbons (Fsp3) is 0.429. The highest BCUT2D eigenvalue weighted by Gasteiger charge is 2.36. The maximum atomic E-state index is 13.0.